The van der Waals surface area contributed by atoms with Crippen molar-refractivity contribution in [3.8, 4) is 0 Å². The number of fused-ring (bicyclic) bond motifs is 1. The van der Waals surface area contributed by atoms with Crippen molar-refractivity contribution in [3.05, 3.63) is 73.6 Å². The van der Waals surface area contributed by atoms with Crippen molar-refractivity contribution in [1.29, 1.82) is 0 Å². The molecule has 2 aliphatic rings. The second-order valence-electron chi connectivity index (χ2n) is 9.82. The van der Waals surface area contributed by atoms with Gasteiger partial charge in [0.2, 0.25) is 0 Å². The second-order valence-corrected chi connectivity index (χ2v) is 10.6. The van der Waals surface area contributed by atoms with Gasteiger partial charge in [0.25, 0.3) is 11.5 Å². The van der Waals surface area contributed by atoms with Crippen molar-refractivity contribution in [1.82, 2.24) is 14.3 Å². The van der Waals surface area contributed by atoms with Crippen LogP contribution in [-0.2, 0) is 11.2 Å². The van der Waals surface area contributed by atoms with Crippen molar-refractivity contribution in [2.75, 3.05) is 26.2 Å². The van der Waals surface area contributed by atoms with E-state index in [0.29, 0.717) is 37.2 Å². The number of H-pyrrole nitrogens is 1. The van der Waals surface area contributed by atoms with Crippen LogP contribution < -0.4 is 15.6 Å². The number of benzene rings is 1. The largest absolute Gasteiger partial charge is 0.542 e. The monoisotopic (exact) mass is 626 g/mol. The van der Waals surface area contributed by atoms with Crippen LogP contribution in [0.1, 0.15) is 34.5 Å². The van der Waals surface area contributed by atoms with Gasteiger partial charge >= 0.3 is 12.1 Å². The average molecular weight is 627 g/mol. The minimum absolute atomic E-state index is 0.0453. The molecule has 0 atom stereocenters. The van der Waals surface area contributed by atoms with Gasteiger partial charge in [0.05, 0.1) is 16.6 Å². The molecule has 222 valence electrons. The van der Waals surface area contributed by atoms with E-state index in [9.17, 15) is 35.9 Å². The summed E-state index contributed by atoms with van der Waals surface area (Å²) in [6, 6.07) is 5.89. The zero-order valence-electron chi connectivity index (χ0n) is 21.0. The maximum atomic E-state index is 14.6. The summed E-state index contributed by atoms with van der Waals surface area (Å²) in [6.07, 6.45) is -2.19. The van der Waals surface area contributed by atoms with Crippen molar-refractivity contribution < 1.29 is 45.9 Å². The summed E-state index contributed by atoms with van der Waals surface area (Å²) in [5.74, 6) is -6.64. The van der Waals surface area contributed by atoms with Crippen LogP contribution in [0.5, 0.6) is 0 Å². The van der Waals surface area contributed by atoms with Gasteiger partial charge in [-0.05, 0) is 23.8 Å². The number of alkyl halides is 5. The van der Waals surface area contributed by atoms with Crippen LogP contribution in [0.4, 0.5) is 26.3 Å². The summed E-state index contributed by atoms with van der Waals surface area (Å²) in [5.41, 5.74) is 1.17. The minimum Gasteiger partial charge on any atom is -0.542 e. The highest BCUT2D eigenvalue weighted by atomic mass is 35.5. The van der Waals surface area contributed by atoms with Crippen LogP contribution in [-0.4, -0.2) is 70.5 Å². The lowest BCUT2D eigenvalue weighted by Crippen LogP contribution is -3.26. The van der Waals surface area contributed by atoms with E-state index in [-0.39, 0.29) is 52.4 Å². The van der Waals surface area contributed by atoms with E-state index in [1.54, 1.807) is 11.0 Å². The zero-order chi connectivity index (χ0) is 30.3. The van der Waals surface area contributed by atoms with Gasteiger partial charge in [-0.2, -0.15) is 22.0 Å². The zero-order valence-corrected chi connectivity index (χ0v) is 22.5. The van der Waals surface area contributed by atoms with Gasteiger partial charge in [0.1, 0.15) is 35.5 Å². The number of hydrogen-bond donors (Lipinski definition) is 2. The molecular weight excluding hydrogens is 605 g/mol. The highest BCUT2D eigenvalue weighted by Crippen LogP contribution is 2.27. The number of rotatable bonds is 4. The number of carboxylic acids is 1. The van der Waals surface area contributed by atoms with Gasteiger partial charge in [-0.3, -0.25) is 14.0 Å². The Labute approximate surface area is 238 Å². The molecule has 0 unspecified atom stereocenters. The SMILES string of the molecule is O=C([O-])C(F)(F)F.O=C(c1cc(Cc2c[nH]c(=O)c3cc(Cl)c(Cl)n23)ccc1F)N1CCC([NH+]2CC(F)(F)C2)CC1. The molecule has 8 nitrogen and oxygen atoms in total. The summed E-state index contributed by atoms with van der Waals surface area (Å²) in [7, 11) is 0. The van der Waals surface area contributed by atoms with E-state index in [4.69, 9.17) is 33.1 Å². The fourth-order valence-electron chi connectivity index (χ4n) is 4.94. The molecule has 0 saturated carbocycles. The third-order valence-corrected chi connectivity index (χ3v) is 7.75. The third kappa shape index (κ3) is 6.81. The number of aromatic amines is 1. The molecule has 0 bridgehead atoms. The van der Waals surface area contributed by atoms with E-state index in [1.165, 1.54) is 28.8 Å². The maximum Gasteiger partial charge on any atom is 0.430 e. The number of quaternary nitrogens is 1. The number of nitrogens with zero attached hydrogens (tertiary/aromatic N) is 2. The smallest absolute Gasteiger partial charge is 0.430 e. The van der Waals surface area contributed by atoms with E-state index in [2.05, 4.69) is 4.98 Å². The van der Waals surface area contributed by atoms with Gasteiger partial charge in [0.15, 0.2) is 0 Å². The van der Waals surface area contributed by atoms with Crippen LogP contribution in [0.25, 0.3) is 5.52 Å². The van der Waals surface area contributed by atoms with Crippen molar-refractivity contribution in [2.45, 2.75) is 37.4 Å². The van der Waals surface area contributed by atoms with Crippen LogP contribution in [0.15, 0.2) is 35.3 Å². The van der Waals surface area contributed by atoms with Gasteiger partial charge in [-0.15, -0.1) is 0 Å². The Morgan fingerprint density at radius 1 is 1.12 bits per heavy atom. The van der Waals surface area contributed by atoms with Crippen molar-refractivity contribution in [3.63, 3.8) is 0 Å². The highest BCUT2D eigenvalue weighted by molar-refractivity contribution is 6.42. The number of aromatic nitrogens is 2. The number of aliphatic carboxylic acids is 1. The number of carbonyl (C=O) groups excluding carboxylic acids is 2. The topological polar surface area (TPSA) is 102 Å². The predicted octanol–water partition coefficient (Wildman–Crippen LogP) is 2.10. The fraction of sp³-hybridized carbons (Fsp3) is 0.400. The predicted molar refractivity (Wildman–Crippen MR) is 133 cm³/mol. The summed E-state index contributed by atoms with van der Waals surface area (Å²) in [4.78, 5) is 39.1. The molecular formula is C25H22Cl2F6N4O4. The van der Waals surface area contributed by atoms with Gasteiger partial charge < -0.3 is 24.7 Å². The first-order chi connectivity index (χ1) is 19.1. The number of carboxylic acid groups (broad SMARTS) is 1. The Morgan fingerprint density at radius 3 is 2.29 bits per heavy atom. The molecule has 0 spiro atoms. The van der Waals surface area contributed by atoms with Gasteiger partial charge in [-0.1, -0.05) is 29.3 Å². The average Bonchev–Trinajstić information content (AvgIpc) is 3.20. The Kier molecular flexibility index (Phi) is 8.67. The molecule has 0 radical (unpaired) electrons. The number of piperidine rings is 1. The molecule has 1 amide bonds. The van der Waals surface area contributed by atoms with Gasteiger partial charge in [0, 0.05) is 44.2 Å². The standard InChI is InChI=1S/C23H21Cl2F3N4O2.C2HF3O2/c24-17-9-19-21(33)29-10-15(32(19)20(17)25)7-13-1-2-18(26)16(8-13)22(34)30-5-3-14(4-6-30)31-11-23(27,28)12-31;3-2(4,5)1(6)7/h1-2,8-10,14H,3-7,11-12H2,(H,29,33);(H,6,7). The van der Waals surface area contributed by atoms with E-state index < -0.39 is 29.8 Å². The lowest BCUT2D eigenvalue weighted by molar-refractivity contribution is -0.986. The Hall–Kier alpha value is -3.23. The molecule has 3 aromatic rings. The Balaban J connectivity index is 0.000000493. The first-order valence-corrected chi connectivity index (χ1v) is 13.0. The maximum absolute atomic E-state index is 14.6. The minimum atomic E-state index is -5.19. The molecule has 5 rings (SSSR count). The van der Waals surface area contributed by atoms with E-state index >= 15 is 0 Å². The number of carbonyl (C=O) groups is 2. The number of amides is 1. The molecule has 41 heavy (non-hydrogen) atoms. The van der Waals surface area contributed by atoms with Gasteiger partial charge in [-0.25, -0.2) is 4.39 Å². The first-order valence-electron chi connectivity index (χ1n) is 12.2. The summed E-state index contributed by atoms with van der Waals surface area (Å²) in [6.45, 7) is 0.494. The molecule has 4 heterocycles. The molecule has 2 saturated heterocycles. The molecule has 2 aromatic heterocycles. The van der Waals surface area contributed by atoms with E-state index in [1.807, 2.05) is 0 Å². The van der Waals surface area contributed by atoms with Crippen LogP contribution in [0, 0.1) is 5.82 Å². The quantitative estimate of drug-likeness (QED) is 0.433. The van der Waals surface area contributed by atoms with Crippen LogP contribution in [0.3, 0.4) is 0 Å². The number of likely N-dealkylation sites (tertiary alicyclic amines) is 2. The van der Waals surface area contributed by atoms with Crippen molar-refractivity contribution >= 4 is 40.6 Å². The summed E-state index contributed by atoms with van der Waals surface area (Å²) >= 11 is 12.4. The molecule has 16 heteroatoms. The lowest BCUT2D eigenvalue weighted by atomic mass is 9.97. The summed E-state index contributed by atoms with van der Waals surface area (Å²) < 4.78 is 74.0. The molecule has 2 aliphatic heterocycles. The third-order valence-electron chi connectivity index (χ3n) is 7.00. The van der Waals surface area contributed by atoms with Crippen LogP contribution >= 0.6 is 23.2 Å². The number of hydrogen-bond acceptors (Lipinski definition) is 4. The van der Waals surface area contributed by atoms with Crippen LogP contribution in [0.2, 0.25) is 10.2 Å². The number of nitrogens with one attached hydrogen (secondary N) is 2. The Bertz CT molecular complexity index is 1520. The normalized spacial score (nSPS) is 17.6. The van der Waals surface area contributed by atoms with E-state index in [0.717, 1.165) is 4.90 Å². The highest BCUT2D eigenvalue weighted by Gasteiger charge is 2.52. The second kappa shape index (κ2) is 11.6. The number of halogens is 8. The fourth-order valence-corrected chi connectivity index (χ4v) is 5.38. The molecule has 1 aromatic carbocycles. The first kappa shape index (κ1) is 30.7. The lowest BCUT2D eigenvalue weighted by Gasteiger charge is -2.43. The summed E-state index contributed by atoms with van der Waals surface area (Å²) in [5, 5.41) is 9.22. The molecule has 2 N–H and O–H groups in total. The molecule has 2 fully saturated rings. The Morgan fingerprint density at radius 2 is 1.73 bits per heavy atom. The molecule has 0 aliphatic carbocycles. The van der Waals surface area contributed by atoms with Crippen molar-refractivity contribution in [2.24, 2.45) is 0 Å².